The van der Waals surface area contributed by atoms with Gasteiger partial charge in [0.25, 0.3) is 5.91 Å². The molecule has 0 aliphatic rings. The van der Waals surface area contributed by atoms with E-state index in [0.29, 0.717) is 12.2 Å². The molecular weight excluding hydrogens is 308 g/mol. The van der Waals surface area contributed by atoms with Crippen LogP contribution >= 0.6 is 11.3 Å². The van der Waals surface area contributed by atoms with Crippen molar-refractivity contribution in [2.24, 2.45) is 5.41 Å². The highest BCUT2D eigenvalue weighted by molar-refractivity contribution is 7.14. The molecule has 0 unspecified atom stereocenters. The number of nitrogens with zero attached hydrogens (tertiary/aromatic N) is 4. The molecule has 23 heavy (non-hydrogen) atoms. The molecule has 0 saturated carbocycles. The Bertz CT molecular complexity index is 718. The predicted octanol–water partition coefficient (Wildman–Crippen LogP) is 3.53. The topological polar surface area (TPSA) is 60.2 Å². The number of amides is 1. The van der Waals surface area contributed by atoms with Crippen molar-refractivity contribution in [1.29, 1.82) is 5.26 Å². The van der Waals surface area contributed by atoms with Crippen molar-refractivity contribution < 1.29 is 4.79 Å². The summed E-state index contributed by atoms with van der Waals surface area (Å²) in [7, 11) is 3.62. The van der Waals surface area contributed by atoms with E-state index in [1.807, 2.05) is 56.1 Å². The summed E-state index contributed by atoms with van der Waals surface area (Å²) in [5, 5.41) is 11.6. The Kier molecular flexibility index (Phi) is 5.02. The molecule has 0 fully saturated rings. The fourth-order valence-corrected chi connectivity index (χ4v) is 2.96. The fraction of sp³-hybridized carbons (Fsp3) is 0.353. The molecule has 0 aliphatic heterocycles. The van der Waals surface area contributed by atoms with Crippen molar-refractivity contribution in [2.45, 2.75) is 13.8 Å². The van der Waals surface area contributed by atoms with Crippen LogP contribution in [0.2, 0.25) is 0 Å². The summed E-state index contributed by atoms with van der Waals surface area (Å²) in [6, 6.07) is 12.1. The van der Waals surface area contributed by atoms with Crippen LogP contribution in [0.3, 0.4) is 0 Å². The normalized spacial score (nSPS) is 10.9. The Morgan fingerprint density at radius 3 is 2.57 bits per heavy atom. The van der Waals surface area contributed by atoms with E-state index < -0.39 is 5.41 Å². The quantitative estimate of drug-likeness (QED) is 0.842. The molecule has 1 amide bonds. The minimum atomic E-state index is -0.579. The average molecular weight is 328 g/mol. The molecule has 0 atom stereocenters. The number of nitriles is 1. The van der Waals surface area contributed by atoms with E-state index in [1.165, 1.54) is 11.3 Å². The number of anilines is 2. The first-order valence-electron chi connectivity index (χ1n) is 7.25. The Hall–Kier alpha value is -2.39. The zero-order valence-corrected chi connectivity index (χ0v) is 14.6. The summed E-state index contributed by atoms with van der Waals surface area (Å²) in [5.41, 5.74) is 0.841. The number of aromatic nitrogens is 1. The minimum Gasteiger partial charge on any atom is -0.339 e. The van der Waals surface area contributed by atoms with Gasteiger partial charge in [-0.15, -0.1) is 11.3 Å². The lowest BCUT2D eigenvalue weighted by molar-refractivity contribution is 0.0756. The van der Waals surface area contributed by atoms with E-state index in [0.717, 1.165) is 10.8 Å². The highest BCUT2D eigenvalue weighted by Crippen LogP contribution is 2.27. The van der Waals surface area contributed by atoms with Gasteiger partial charge in [-0.2, -0.15) is 5.26 Å². The smallest absolute Gasteiger partial charge is 0.273 e. The molecule has 0 saturated heterocycles. The van der Waals surface area contributed by atoms with E-state index in [2.05, 4.69) is 11.1 Å². The predicted molar refractivity (Wildman–Crippen MR) is 93.0 cm³/mol. The highest BCUT2D eigenvalue weighted by atomic mass is 32.1. The molecule has 0 radical (unpaired) electrons. The third kappa shape index (κ3) is 4.08. The Morgan fingerprint density at radius 2 is 1.96 bits per heavy atom. The summed E-state index contributed by atoms with van der Waals surface area (Å²) < 4.78 is 0. The van der Waals surface area contributed by atoms with Crippen LogP contribution in [0, 0.1) is 16.7 Å². The number of thiazole rings is 1. The maximum atomic E-state index is 12.5. The van der Waals surface area contributed by atoms with Gasteiger partial charge in [-0.05, 0) is 26.0 Å². The maximum absolute atomic E-state index is 12.5. The number of carbonyl (C=O) groups excluding carboxylic acids is 1. The first-order chi connectivity index (χ1) is 10.8. The summed E-state index contributed by atoms with van der Waals surface area (Å²) in [5.74, 6) is -0.169. The monoisotopic (exact) mass is 328 g/mol. The lowest BCUT2D eigenvalue weighted by Gasteiger charge is -2.23. The average Bonchev–Trinajstić information content (AvgIpc) is 3.03. The first-order valence-corrected chi connectivity index (χ1v) is 8.13. The van der Waals surface area contributed by atoms with Crippen LogP contribution in [0.5, 0.6) is 0 Å². The Morgan fingerprint density at radius 1 is 1.30 bits per heavy atom. The minimum absolute atomic E-state index is 0.169. The van der Waals surface area contributed by atoms with Crippen LogP contribution in [-0.2, 0) is 0 Å². The molecular formula is C17H20N4OS. The largest absolute Gasteiger partial charge is 0.339 e. The van der Waals surface area contributed by atoms with E-state index in [-0.39, 0.29) is 5.91 Å². The number of hydrogen-bond donors (Lipinski definition) is 0. The highest BCUT2D eigenvalue weighted by Gasteiger charge is 2.24. The van der Waals surface area contributed by atoms with Gasteiger partial charge in [-0.3, -0.25) is 4.79 Å². The van der Waals surface area contributed by atoms with Crippen molar-refractivity contribution in [1.82, 2.24) is 9.88 Å². The van der Waals surface area contributed by atoms with Crippen molar-refractivity contribution >= 4 is 28.1 Å². The third-order valence-electron chi connectivity index (χ3n) is 3.42. The Labute approximate surface area is 140 Å². The van der Waals surface area contributed by atoms with E-state index in [9.17, 15) is 4.79 Å². The van der Waals surface area contributed by atoms with Gasteiger partial charge < -0.3 is 9.80 Å². The third-order valence-corrected chi connectivity index (χ3v) is 4.34. The molecule has 2 aromatic rings. The molecule has 6 heteroatoms. The van der Waals surface area contributed by atoms with Gasteiger partial charge in [0.1, 0.15) is 5.69 Å². The van der Waals surface area contributed by atoms with E-state index in [4.69, 9.17) is 5.26 Å². The number of carbonyl (C=O) groups is 1. The lowest BCUT2D eigenvalue weighted by atomic mass is 9.95. The van der Waals surface area contributed by atoms with Gasteiger partial charge in [0, 0.05) is 31.7 Å². The molecule has 0 bridgehead atoms. The van der Waals surface area contributed by atoms with Crippen molar-refractivity contribution in [3.8, 4) is 6.07 Å². The summed E-state index contributed by atoms with van der Waals surface area (Å²) in [6.07, 6.45) is 0. The lowest BCUT2D eigenvalue weighted by Crippen LogP contribution is -2.35. The Balaban J connectivity index is 2.13. The van der Waals surface area contributed by atoms with Gasteiger partial charge in [0.05, 0.1) is 11.5 Å². The second kappa shape index (κ2) is 6.80. The zero-order chi connectivity index (χ0) is 17.0. The van der Waals surface area contributed by atoms with Crippen LogP contribution in [0.15, 0.2) is 35.7 Å². The van der Waals surface area contributed by atoms with Crippen LogP contribution < -0.4 is 4.90 Å². The van der Waals surface area contributed by atoms with Crippen molar-refractivity contribution in [2.75, 3.05) is 25.5 Å². The van der Waals surface area contributed by atoms with E-state index in [1.54, 1.807) is 17.3 Å². The standard InChI is InChI=1S/C17H20N4OS/c1-17(2,11-18)12-20(3)15(22)14-10-23-16(19-14)21(4)13-8-6-5-7-9-13/h5-10H,12H2,1-4H3. The first kappa shape index (κ1) is 17.0. The summed E-state index contributed by atoms with van der Waals surface area (Å²) in [4.78, 5) is 20.4. The molecule has 5 nitrogen and oxygen atoms in total. The molecule has 0 spiro atoms. The molecule has 1 aromatic heterocycles. The number of hydrogen-bond acceptors (Lipinski definition) is 5. The molecule has 120 valence electrons. The molecule has 2 rings (SSSR count). The SMILES string of the molecule is CN(CC(C)(C)C#N)C(=O)c1csc(N(C)c2ccccc2)n1. The molecule has 1 aromatic carbocycles. The van der Waals surface area contributed by atoms with Crippen LogP contribution in [0.1, 0.15) is 24.3 Å². The van der Waals surface area contributed by atoms with Crippen molar-refractivity contribution in [3.63, 3.8) is 0 Å². The molecule has 0 aliphatic carbocycles. The number of rotatable bonds is 5. The van der Waals surface area contributed by atoms with Gasteiger partial charge >= 0.3 is 0 Å². The van der Waals surface area contributed by atoms with Gasteiger partial charge in [0.15, 0.2) is 5.13 Å². The molecule has 1 heterocycles. The van der Waals surface area contributed by atoms with Crippen LogP contribution in [0.4, 0.5) is 10.8 Å². The summed E-state index contributed by atoms with van der Waals surface area (Å²) >= 11 is 1.42. The van der Waals surface area contributed by atoms with E-state index >= 15 is 0 Å². The second-order valence-corrected chi connectivity index (χ2v) is 6.90. The molecule has 0 N–H and O–H groups in total. The van der Waals surface area contributed by atoms with Crippen molar-refractivity contribution in [3.05, 3.63) is 41.4 Å². The second-order valence-electron chi connectivity index (χ2n) is 6.07. The number of benzene rings is 1. The zero-order valence-electron chi connectivity index (χ0n) is 13.8. The van der Waals surface area contributed by atoms with Gasteiger partial charge in [-0.25, -0.2) is 4.98 Å². The maximum Gasteiger partial charge on any atom is 0.273 e. The van der Waals surface area contributed by atoms with Gasteiger partial charge in [-0.1, -0.05) is 18.2 Å². The number of para-hydroxylation sites is 1. The summed E-state index contributed by atoms with van der Waals surface area (Å²) in [6.45, 7) is 3.99. The van der Waals surface area contributed by atoms with Crippen LogP contribution in [-0.4, -0.2) is 36.4 Å². The fourth-order valence-electron chi connectivity index (χ4n) is 2.17. The van der Waals surface area contributed by atoms with Gasteiger partial charge in [0.2, 0.25) is 0 Å². The van der Waals surface area contributed by atoms with Crippen LogP contribution in [0.25, 0.3) is 0 Å².